The van der Waals surface area contributed by atoms with E-state index in [4.69, 9.17) is 4.43 Å². The van der Waals surface area contributed by atoms with E-state index in [1.165, 1.54) is 7.11 Å². The number of alkyl carbamates (subject to hydrolysis) is 1. The molecule has 7 heteroatoms. The first-order valence-corrected chi connectivity index (χ1v) is 9.20. The number of nitrogens with one attached hydrogen (secondary N) is 1. The van der Waals surface area contributed by atoms with Crippen LogP contribution in [0.5, 0.6) is 0 Å². The number of carbonyl (C=O) groups is 2. The molecular weight excluding hydrogens is 278 g/mol. The van der Waals surface area contributed by atoms with E-state index in [1.807, 2.05) is 33.9 Å². The summed E-state index contributed by atoms with van der Waals surface area (Å²) in [6, 6.07) is 0. The van der Waals surface area contributed by atoms with Gasteiger partial charge in [-0.15, -0.1) is 6.58 Å². The van der Waals surface area contributed by atoms with E-state index in [9.17, 15) is 14.7 Å². The summed E-state index contributed by atoms with van der Waals surface area (Å²) in [4.78, 5) is 22.8. The molecule has 0 aliphatic carbocycles. The summed E-state index contributed by atoms with van der Waals surface area (Å²) >= 11 is 0. The predicted molar refractivity (Wildman–Crippen MR) is 79.3 cm³/mol. The molecule has 2 N–H and O–H groups in total. The van der Waals surface area contributed by atoms with Gasteiger partial charge in [0.1, 0.15) is 0 Å². The molecule has 0 aromatic heterocycles. The van der Waals surface area contributed by atoms with E-state index in [0.717, 1.165) is 6.08 Å². The maximum absolute atomic E-state index is 11.5. The van der Waals surface area contributed by atoms with Crippen molar-refractivity contribution in [3.05, 3.63) is 12.7 Å². The molecule has 0 saturated carbocycles. The number of ether oxygens (including phenoxy) is 1. The Hall–Kier alpha value is -1.34. The zero-order valence-corrected chi connectivity index (χ0v) is 14.1. The molecule has 0 fully saturated rings. The van der Waals surface area contributed by atoms with E-state index in [-0.39, 0.29) is 11.6 Å². The van der Waals surface area contributed by atoms with Crippen molar-refractivity contribution in [3.63, 3.8) is 0 Å². The van der Waals surface area contributed by atoms with Crippen LogP contribution in [-0.4, -0.2) is 44.7 Å². The standard InChI is InChI=1S/C13H25NO5Si/c1-8-13(10(15)16,14-11(17)18-5)9-19-20(6,7)12(2,3)4/h8H,1,9H2,2-7H3,(H,14,17)(H,15,16)/t13-/m1/s1. The van der Waals surface area contributed by atoms with Crippen LogP contribution in [0.3, 0.4) is 0 Å². The lowest BCUT2D eigenvalue weighted by Gasteiger charge is -2.38. The number of aliphatic carboxylic acids is 1. The van der Waals surface area contributed by atoms with E-state index in [0.29, 0.717) is 0 Å². The SMILES string of the molecule is C=C[C@](CO[Si](C)(C)C(C)(C)C)(NC(=O)OC)C(=O)O. The third-order valence-electron chi connectivity index (χ3n) is 3.71. The summed E-state index contributed by atoms with van der Waals surface area (Å²) in [5.74, 6) is -1.24. The maximum Gasteiger partial charge on any atom is 0.408 e. The molecule has 0 aliphatic heterocycles. The minimum absolute atomic E-state index is 0.0658. The van der Waals surface area contributed by atoms with Crippen molar-refractivity contribution in [2.75, 3.05) is 13.7 Å². The van der Waals surface area contributed by atoms with E-state index >= 15 is 0 Å². The topological polar surface area (TPSA) is 84.9 Å². The Labute approximate surface area is 121 Å². The summed E-state index contributed by atoms with van der Waals surface area (Å²) in [5.41, 5.74) is -1.69. The second kappa shape index (κ2) is 6.40. The van der Waals surface area contributed by atoms with Crippen LogP contribution in [0.15, 0.2) is 12.7 Å². The van der Waals surface area contributed by atoms with Crippen LogP contribution < -0.4 is 5.32 Å². The Morgan fingerprint density at radius 3 is 2.15 bits per heavy atom. The number of methoxy groups -OCH3 is 1. The van der Waals surface area contributed by atoms with Gasteiger partial charge in [0.2, 0.25) is 0 Å². The minimum atomic E-state index is -2.14. The van der Waals surface area contributed by atoms with Gasteiger partial charge in [0.15, 0.2) is 13.9 Å². The number of amides is 1. The zero-order valence-electron chi connectivity index (χ0n) is 13.1. The second-order valence-corrected chi connectivity index (χ2v) is 11.0. The average molecular weight is 303 g/mol. The number of rotatable bonds is 6. The van der Waals surface area contributed by atoms with Gasteiger partial charge in [0, 0.05) is 0 Å². The highest BCUT2D eigenvalue weighted by atomic mass is 28.4. The number of carboxylic acid groups (broad SMARTS) is 1. The summed E-state index contributed by atoms with van der Waals surface area (Å²) in [6.45, 7) is 13.4. The molecule has 0 aromatic carbocycles. The summed E-state index contributed by atoms with van der Waals surface area (Å²) in [5, 5.41) is 11.6. The largest absolute Gasteiger partial charge is 0.479 e. The third-order valence-corrected chi connectivity index (χ3v) is 8.19. The lowest BCUT2D eigenvalue weighted by atomic mass is 10.0. The Bertz CT molecular complexity index is 389. The summed E-state index contributed by atoms with van der Waals surface area (Å²) in [6.07, 6.45) is 0.311. The van der Waals surface area contributed by atoms with Crippen molar-refractivity contribution in [1.82, 2.24) is 5.32 Å². The Kier molecular flexibility index (Phi) is 5.97. The lowest BCUT2D eigenvalue weighted by molar-refractivity contribution is -0.143. The van der Waals surface area contributed by atoms with Crippen molar-refractivity contribution in [2.24, 2.45) is 0 Å². The molecule has 116 valence electrons. The number of hydrogen-bond acceptors (Lipinski definition) is 4. The Balaban J connectivity index is 5.16. The van der Waals surface area contributed by atoms with Crippen molar-refractivity contribution < 1.29 is 23.9 Å². The molecular formula is C13H25NO5Si. The quantitative estimate of drug-likeness (QED) is 0.581. The predicted octanol–water partition coefficient (Wildman–Crippen LogP) is 2.37. The summed E-state index contributed by atoms with van der Waals surface area (Å²) < 4.78 is 10.3. The van der Waals surface area contributed by atoms with Gasteiger partial charge in [-0.2, -0.15) is 0 Å². The normalized spacial score (nSPS) is 15.1. The van der Waals surface area contributed by atoms with Gasteiger partial charge in [-0.25, -0.2) is 9.59 Å². The molecule has 0 unspecified atom stereocenters. The van der Waals surface area contributed by atoms with Crippen LogP contribution in [0, 0.1) is 0 Å². The average Bonchev–Trinajstić information content (AvgIpc) is 2.32. The summed E-state index contributed by atoms with van der Waals surface area (Å²) in [7, 11) is -0.975. The number of hydrogen-bond donors (Lipinski definition) is 2. The fourth-order valence-corrected chi connectivity index (χ4v) is 2.11. The molecule has 0 radical (unpaired) electrons. The van der Waals surface area contributed by atoms with Gasteiger partial charge in [-0.3, -0.25) is 5.32 Å². The van der Waals surface area contributed by atoms with Gasteiger partial charge >= 0.3 is 12.1 Å². The smallest absolute Gasteiger partial charge is 0.408 e. The van der Waals surface area contributed by atoms with E-state index in [1.54, 1.807) is 0 Å². The van der Waals surface area contributed by atoms with Crippen molar-refractivity contribution in [1.29, 1.82) is 0 Å². The molecule has 0 rings (SSSR count). The van der Waals surface area contributed by atoms with Gasteiger partial charge in [0.05, 0.1) is 13.7 Å². The highest BCUT2D eigenvalue weighted by Gasteiger charge is 2.43. The monoisotopic (exact) mass is 303 g/mol. The minimum Gasteiger partial charge on any atom is -0.479 e. The molecule has 0 saturated heterocycles. The van der Waals surface area contributed by atoms with E-state index in [2.05, 4.69) is 16.6 Å². The van der Waals surface area contributed by atoms with Gasteiger partial charge in [-0.05, 0) is 18.1 Å². The van der Waals surface area contributed by atoms with Crippen LogP contribution in [0.4, 0.5) is 4.79 Å². The molecule has 0 spiro atoms. The molecule has 20 heavy (non-hydrogen) atoms. The fraction of sp³-hybridized carbons (Fsp3) is 0.692. The van der Waals surface area contributed by atoms with Gasteiger partial charge < -0.3 is 14.3 Å². The van der Waals surface area contributed by atoms with Gasteiger partial charge in [0.25, 0.3) is 0 Å². The molecule has 0 aliphatic rings. The molecule has 1 amide bonds. The number of carboxylic acids is 1. The first-order valence-electron chi connectivity index (χ1n) is 6.29. The van der Waals surface area contributed by atoms with Crippen molar-refractivity contribution >= 4 is 20.4 Å². The molecule has 1 atom stereocenters. The van der Waals surface area contributed by atoms with Crippen LogP contribution in [0.1, 0.15) is 20.8 Å². The van der Waals surface area contributed by atoms with Gasteiger partial charge in [-0.1, -0.05) is 26.8 Å². The van der Waals surface area contributed by atoms with Crippen LogP contribution in [-0.2, 0) is 14.0 Å². The zero-order chi connectivity index (χ0) is 16.2. The third kappa shape index (κ3) is 4.34. The second-order valence-electron chi connectivity index (χ2n) is 6.15. The first-order chi connectivity index (χ1) is 8.92. The molecule has 0 heterocycles. The molecule has 6 nitrogen and oxygen atoms in total. The van der Waals surface area contributed by atoms with E-state index < -0.39 is 25.9 Å². The lowest BCUT2D eigenvalue weighted by Crippen LogP contribution is -2.58. The van der Waals surface area contributed by atoms with Crippen molar-refractivity contribution in [3.8, 4) is 0 Å². The highest BCUT2D eigenvalue weighted by Crippen LogP contribution is 2.37. The molecule has 0 aromatic rings. The van der Waals surface area contributed by atoms with Crippen LogP contribution in [0.25, 0.3) is 0 Å². The maximum atomic E-state index is 11.5. The van der Waals surface area contributed by atoms with Crippen LogP contribution >= 0.6 is 0 Å². The highest BCUT2D eigenvalue weighted by molar-refractivity contribution is 6.74. The fourth-order valence-electron chi connectivity index (χ4n) is 1.09. The van der Waals surface area contributed by atoms with Crippen molar-refractivity contribution in [2.45, 2.75) is 44.4 Å². The Morgan fingerprint density at radius 2 is 1.85 bits per heavy atom. The number of carbonyl (C=O) groups excluding carboxylic acids is 1. The Morgan fingerprint density at radius 1 is 1.35 bits per heavy atom. The first kappa shape index (κ1) is 18.7. The molecule has 0 bridgehead atoms. The van der Waals surface area contributed by atoms with Crippen LogP contribution in [0.2, 0.25) is 18.1 Å².